The van der Waals surface area contributed by atoms with Gasteiger partial charge in [0.2, 0.25) is 0 Å². The van der Waals surface area contributed by atoms with Crippen molar-refractivity contribution in [3.8, 4) is 5.75 Å². The highest BCUT2D eigenvalue weighted by molar-refractivity contribution is 7.16. The molecular formula is C20H19FN2O5S. The minimum absolute atomic E-state index is 0.00152. The minimum Gasteiger partial charge on any atom is -0.486 e. The Bertz CT molecular complexity index is 1070. The van der Waals surface area contributed by atoms with E-state index in [1.165, 1.54) is 30.6 Å². The van der Waals surface area contributed by atoms with E-state index in [0.717, 1.165) is 10.4 Å². The van der Waals surface area contributed by atoms with Crippen LogP contribution in [0, 0.1) is 26.6 Å². The Morgan fingerprint density at radius 2 is 1.97 bits per heavy atom. The van der Waals surface area contributed by atoms with Gasteiger partial charge < -0.3 is 19.3 Å². The van der Waals surface area contributed by atoms with Crippen molar-refractivity contribution in [3.63, 3.8) is 0 Å². The number of nitrogens with one attached hydrogen (secondary N) is 1. The molecule has 0 saturated carbocycles. The topological polar surface area (TPSA) is 90.7 Å². The molecule has 3 rings (SSSR count). The molecule has 2 heterocycles. The summed E-state index contributed by atoms with van der Waals surface area (Å²) in [5, 5.41) is 6.85. The van der Waals surface area contributed by atoms with Gasteiger partial charge in [-0.1, -0.05) is 17.3 Å². The summed E-state index contributed by atoms with van der Waals surface area (Å²) in [6.45, 7) is 5.15. The lowest BCUT2D eigenvalue weighted by Gasteiger charge is -2.08. The van der Waals surface area contributed by atoms with Crippen LogP contribution in [0.5, 0.6) is 5.75 Å². The smallest absolute Gasteiger partial charge is 0.341 e. The lowest BCUT2D eigenvalue weighted by molar-refractivity contribution is 0.0601. The molecule has 2 aromatic heterocycles. The molecule has 1 N–H and O–H groups in total. The predicted octanol–water partition coefficient (Wildman–Crippen LogP) is 4.42. The number of aromatic nitrogens is 1. The van der Waals surface area contributed by atoms with Crippen LogP contribution in [0.1, 0.15) is 42.6 Å². The Kier molecular flexibility index (Phi) is 5.97. The van der Waals surface area contributed by atoms with Crippen molar-refractivity contribution in [3.05, 3.63) is 63.1 Å². The molecule has 3 aromatic rings. The molecule has 152 valence electrons. The van der Waals surface area contributed by atoms with Gasteiger partial charge in [-0.15, -0.1) is 11.3 Å². The number of carbonyl (C=O) groups excluding carboxylic acids is 2. The fourth-order valence-corrected chi connectivity index (χ4v) is 3.72. The quantitative estimate of drug-likeness (QED) is 0.596. The van der Waals surface area contributed by atoms with Crippen molar-refractivity contribution in [1.29, 1.82) is 0 Å². The molecule has 0 aliphatic carbocycles. The molecule has 0 spiro atoms. The molecular weight excluding hydrogens is 399 g/mol. The second-order valence-corrected chi connectivity index (χ2v) is 7.44. The van der Waals surface area contributed by atoms with E-state index in [9.17, 15) is 14.0 Å². The average Bonchev–Trinajstić information content (AvgIpc) is 3.20. The number of hydrogen-bond acceptors (Lipinski definition) is 7. The Morgan fingerprint density at radius 1 is 1.24 bits per heavy atom. The zero-order valence-electron chi connectivity index (χ0n) is 16.3. The van der Waals surface area contributed by atoms with E-state index in [1.807, 2.05) is 6.92 Å². The Morgan fingerprint density at radius 3 is 2.66 bits per heavy atom. The Balaban J connectivity index is 1.84. The number of benzene rings is 1. The van der Waals surface area contributed by atoms with Gasteiger partial charge in [0.05, 0.1) is 18.2 Å². The number of hydrogen-bond donors (Lipinski definition) is 1. The summed E-state index contributed by atoms with van der Waals surface area (Å²) >= 11 is 1.26. The molecule has 0 unspecified atom stereocenters. The SMILES string of the molecule is COC(=O)c1c(NC(=O)c2noc(C)c2COc2ccccc2F)sc(C)c1C. The Hall–Kier alpha value is -3.20. The van der Waals surface area contributed by atoms with Crippen LogP contribution in [0.4, 0.5) is 9.39 Å². The van der Waals surface area contributed by atoms with Crippen molar-refractivity contribution in [2.24, 2.45) is 0 Å². The number of halogens is 1. The van der Waals surface area contributed by atoms with Gasteiger partial charge in [0.15, 0.2) is 17.3 Å². The van der Waals surface area contributed by atoms with E-state index in [4.69, 9.17) is 14.0 Å². The molecule has 0 atom stereocenters. The summed E-state index contributed by atoms with van der Waals surface area (Å²) in [7, 11) is 1.28. The number of ether oxygens (including phenoxy) is 2. The van der Waals surface area contributed by atoms with Gasteiger partial charge in [-0.2, -0.15) is 0 Å². The summed E-state index contributed by atoms with van der Waals surface area (Å²) in [6, 6.07) is 5.95. The first kappa shape index (κ1) is 20.5. The van der Waals surface area contributed by atoms with Crippen LogP contribution in [-0.2, 0) is 11.3 Å². The van der Waals surface area contributed by atoms with Crippen LogP contribution in [0.2, 0.25) is 0 Å². The number of amides is 1. The van der Waals surface area contributed by atoms with E-state index in [1.54, 1.807) is 26.0 Å². The fourth-order valence-electron chi connectivity index (χ4n) is 2.68. The van der Waals surface area contributed by atoms with E-state index >= 15 is 0 Å². The maximum Gasteiger partial charge on any atom is 0.341 e. The van der Waals surface area contributed by atoms with Gasteiger partial charge in [-0.3, -0.25) is 4.79 Å². The van der Waals surface area contributed by atoms with Crippen LogP contribution in [0.25, 0.3) is 0 Å². The molecule has 0 bridgehead atoms. The van der Waals surface area contributed by atoms with Gasteiger partial charge in [0, 0.05) is 4.88 Å². The van der Waals surface area contributed by atoms with Gasteiger partial charge >= 0.3 is 5.97 Å². The second-order valence-electron chi connectivity index (χ2n) is 6.22. The third kappa shape index (κ3) is 4.14. The highest BCUT2D eigenvalue weighted by Gasteiger charge is 2.25. The molecule has 29 heavy (non-hydrogen) atoms. The maximum atomic E-state index is 13.8. The molecule has 9 heteroatoms. The number of para-hydroxylation sites is 1. The van der Waals surface area contributed by atoms with Crippen LogP contribution < -0.4 is 10.1 Å². The number of methoxy groups -OCH3 is 1. The zero-order chi connectivity index (χ0) is 21.1. The Labute approximate surface area is 170 Å². The van der Waals surface area contributed by atoms with Gasteiger partial charge in [0.25, 0.3) is 5.91 Å². The first-order valence-corrected chi connectivity index (χ1v) is 9.47. The number of aryl methyl sites for hydroxylation is 2. The van der Waals surface area contributed by atoms with E-state index in [-0.39, 0.29) is 18.1 Å². The first-order chi connectivity index (χ1) is 13.8. The molecule has 0 aliphatic heterocycles. The molecule has 1 amide bonds. The van der Waals surface area contributed by atoms with Crippen LogP contribution in [-0.4, -0.2) is 24.1 Å². The number of rotatable bonds is 6. The normalized spacial score (nSPS) is 10.7. The van der Waals surface area contributed by atoms with Crippen molar-refractivity contribution < 1.29 is 28.0 Å². The fraction of sp³-hybridized carbons (Fsp3) is 0.250. The summed E-state index contributed by atoms with van der Waals surface area (Å²) in [5.74, 6) is -1.20. The molecule has 0 saturated heterocycles. The van der Waals surface area contributed by atoms with Crippen LogP contribution >= 0.6 is 11.3 Å². The predicted molar refractivity (Wildman–Crippen MR) is 105 cm³/mol. The van der Waals surface area contributed by atoms with E-state index in [2.05, 4.69) is 10.5 Å². The lowest BCUT2D eigenvalue weighted by Crippen LogP contribution is -2.17. The summed E-state index contributed by atoms with van der Waals surface area (Å²) in [5.41, 5.74) is 1.41. The highest BCUT2D eigenvalue weighted by atomic mass is 32.1. The average molecular weight is 418 g/mol. The first-order valence-electron chi connectivity index (χ1n) is 8.65. The largest absolute Gasteiger partial charge is 0.486 e. The third-order valence-corrected chi connectivity index (χ3v) is 5.53. The van der Waals surface area contributed by atoms with Gasteiger partial charge in [-0.05, 0) is 38.5 Å². The van der Waals surface area contributed by atoms with Crippen molar-refractivity contribution in [2.75, 3.05) is 12.4 Å². The number of nitrogens with zero attached hydrogens (tertiary/aromatic N) is 1. The van der Waals surface area contributed by atoms with Crippen molar-refractivity contribution in [1.82, 2.24) is 5.16 Å². The molecule has 7 nitrogen and oxygen atoms in total. The standard InChI is InChI=1S/C20H19FN2O5S/c1-10-12(3)29-19(16(10)20(25)26-4)22-18(24)17-13(11(2)28-23-17)9-27-15-8-6-5-7-14(15)21/h5-8H,9H2,1-4H3,(H,22,24). The van der Waals surface area contributed by atoms with Crippen molar-refractivity contribution in [2.45, 2.75) is 27.4 Å². The highest BCUT2D eigenvalue weighted by Crippen LogP contribution is 2.33. The number of thiophene rings is 1. The molecule has 0 fully saturated rings. The monoisotopic (exact) mass is 418 g/mol. The second kappa shape index (κ2) is 8.44. The summed E-state index contributed by atoms with van der Waals surface area (Å²) in [6.07, 6.45) is 0. The lowest BCUT2D eigenvalue weighted by atomic mass is 10.1. The summed E-state index contributed by atoms with van der Waals surface area (Å²) < 4.78 is 29.2. The van der Waals surface area contributed by atoms with E-state index in [0.29, 0.717) is 21.9 Å². The third-order valence-electron chi connectivity index (χ3n) is 4.41. The number of carbonyl (C=O) groups is 2. The van der Waals surface area contributed by atoms with Crippen LogP contribution in [0.15, 0.2) is 28.8 Å². The molecule has 1 aromatic carbocycles. The van der Waals surface area contributed by atoms with Crippen molar-refractivity contribution >= 4 is 28.2 Å². The maximum absolute atomic E-state index is 13.8. The molecule has 0 aliphatic rings. The van der Waals surface area contributed by atoms with Crippen LogP contribution in [0.3, 0.4) is 0 Å². The van der Waals surface area contributed by atoms with Gasteiger partial charge in [0.1, 0.15) is 17.4 Å². The summed E-state index contributed by atoms with van der Waals surface area (Å²) in [4.78, 5) is 25.8. The van der Waals surface area contributed by atoms with E-state index < -0.39 is 17.7 Å². The minimum atomic E-state index is -0.569. The number of anilines is 1. The zero-order valence-corrected chi connectivity index (χ0v) is 17.1. The van der Waals surface area contributed by atoms with Gasteiger partial charge in [-0.25, -0.2) is 9.18 Å². The number of esters is 1. The molecule has 0 radical (unpaired) electrons.